The van der Waals surface area contributed by atoms with Gasteiger partial charge in [-0.2, -0.15) is 5.10 Å². The van der Waals surface area contributed by atoms with E-state index < -0.39 is 0 Å². The fourth-order valence-corrected chi connectivity index (χ4v) is 4.26. The third-order valence-electron chi connectivity index (χ3n) is 4.48. The summed E-state index contributed by atoms with van der Waals surface area (Å²) in [4.78, 5) is 19.3. The third-order valence-corrected chi connectivity index (χ3v) is 5.65. The van der Waals surface area contributed by atoms with Crippen molar-refractivity contribution < 1.29 is 4.79 Å². The van der Waals surface area contributed by atoms with Crippen molar-refractivity contribution in [3.63, 3.8) is 0 Å². The predicted molar refractivity (Wildman–Crippen MR) is 105 cm³/mol. The van der Waals surface area contributed by atoms with Crippen LogP contribution in [0.5, 0.6) is 0 Å². The highest BCUT2D eigenvalue weighted by Gasteiger charge is 2.27. The predicted octanol–water partition coefficient (Wildman–Crippen LogP) is 3.90. The van der Waals surface area contributed by atoms with Crippen molar-refractivity contribution in [2.45, 2.75) is 19.8 Å². The van der Waals surface area contributed by atoms with Gasteiger partial charge in [-0.1, -0.05) is 22.9 Å². The Balaban J connectivity index is 1.45. The zero-order valence-corrected chi connectivity index (χ0v) is 15.8. The molecule has 0 aliphatic carbocycles. The number of piperidine rings is 1. The van der Waals surface area contributed by atoms with Crippen LogP contribution in [0.4, 0.5) is 10.9 Å². The van der Waals surface area contributed by atoms with Crippen molar-refractivity contribution in [2.24, 2.45) is 5.92 Å². The molecule has 1 aliphatic heterocycles. The molecular formula is C18H18ClN5OS. The number of halogens is 1. The van der Waals surface area contributed by atoms with Crippen LogP contribution in [0.25, 0.3) is 10.2 Å². The summed E-state index contributed by atoms with van der Waals surface area (Å²) in [5.74, 6) is 0.727. The number of nitrogens with zero attached hydrogens (tertiary/aromatic N) is 4. The second-order valence-corrected chi connectivity index (χ2v) is 7.91. The Morgan fingerprint density at radius 1 is 1.31 bits per heavy atom. The van der Waals surface area contributed by atoms with Gasteiger partial charge in [0.1, 0.15) is 0 Å². The Morgan fingerprint density at radius 2 is 2.19 bits per heavy atom. The number of carbonyl (C=O) groups is 1. The molecule has 1 N–H and O–H groups in total. The molecule has 1 fully saturated rings. The molecule has 0 unspecified atom stereocenters. The highest BCUT2D eigenvalue weighted by atomic mass is 35.5. The number of fused-ring (bicyclic) bond motifs is 1. The summed E-state index contributed by atoms with van der Waals surface area (Å²) in [5, 5.41) is 12.6. The number of hydrogen-bond donors (Lipinski definition) is 1. The molecule has 3 aromatic rings. The van der Waals surface area contributed by atoms with E-state index in [4.69, 9.17) is 11.6 Å². The molecule has 0 radical (unpaired) electrons. The minimum absolute atomic E-state index is 0.0000704. The average Bonchev–Trinajstić information content (AvgIpc) is 3.03. The highest BCUT2D eigenvalue weighted by Crippen LogP contribution is 2.29. The number of carbonyl (C=O) groups excluding carboxylic acids is 1. The van der Waals surface area contributed by atoms with Crippen LogP contribution in [0.1, 0.15) is 18.5 Å². The van der Waals surface area contributed by atoms with Gasteiger partial charge in [-0.05, 0) is 50.1 Å². The normalized spacial score (nSPS) is 17.5. The first kappa shape index (κ1) is 17.2. The Bertz CT molecular complexity index is 942. The number of amides is 1. The van der Waals surface area contributed by atoms with Crippen molar-refractivity contribution in [1.29, 1.82) is 0 Å². The summed E-state index contributed by atoms with van der Waals surface area (Å²) in [6, 6.07) is 9.43. The molecule has 0 spiro atoms. The SMILES string of the molecule is Cc1ccc(N2CCC[C@@H](C(=O)Nc3nc4ccc(Cl)cc4s3)C2)nn1. The van der Waals surface area contributed by atoms with Crippen LogP contribution >= 0.6 is 22.9 Å². The van der Waals surface area contributed by atoms with E-state index in [0.29, 0.717) is 16.7 Å². The Hall–Kier alpha value is -2.25. The lowest BCUT2D eigenvalue weighted by atomic mass is 9.97. The molecule has 4 rings (SSSR count). The zero-order valence-electron chi connectivity index (χ0n) is 14.3. The molecule has 2 aromatic heterocycles. The quantitative estimate of drug-likeness (QED) is 0.737. The van der Waals surface area contributed by atoms with Crippen LogP contribution in [-0.4, -0.2) is 34.2 Å². The maximum Gasteiger partial charge on any atom is 0.231 e. The second-order valence-electron chi connectivity index (χ2n) is 6.44. The molecule has 26 heavy (non-hydrogen) atoms. The topological polar surface area (TPSA) is 71.0 Å². The number of aromatic nitrogens is 3. The fourth-order valence-electron chi connectivity index (χ4n) is 3.12. The molecule has 1 amide bonds. The number of aryl methyl sites for hydroxylation is 1. The number of hydrogen-bond acceptors (Lipinski definition) is 6. The van der Waals surface area contributed by atoms with Gasteiger partial charge in [-0.15, -0.1) is 5.10 Å². The standard InChI is InChI=1S/C18H18ClN5OS/c1-11-4-7-16(23-22-11)24-8-2-3-12(10-24)17(25)21-18-20-14-6-5-13(19)9-15(14)26-18/h4-7,9,12H,2-3,8,10H2,1H3,(H,20,21,25)/t12-/m1/s1. The molecule has 1 aromatic carbocycles. The van der Waals surface area contributed by atoms with Gasteiger partial charge < -0.3 is 10.2 Å². The van der Waals surface area contributed by atoms with Gasteiger partial charge in [0.2, 0.25) is 5.91 Å². The van der Waals surface area contributed by atoms with Gasteiger partial charge in [0.15, 0.2) is 10.9 Å². The van der Waals surface area contributed by atoms with Crippen LogP contribution in [0, 0.1) is 12.8 Å². The largest absolute Gasteiger partial charge is 0.354 e. The van der Waals surface area contributed by atoms with Crippen molar-refractivity contribution in [2.75, 3.05) is 23.3 Å². The monoisotopic (exact) mass is 387 g/mol. The van der Waals surface area contributed by atoms with E-state index in [-0.39, 0.29) is 11.8 Å². The summed E-state index contributed by atoms with van der Waals surface area (Å²) in [6.07, 6.45) is 1.81. The van der Waals surface area contributed by atoms with E-state index >= 15 is 0 Å². The molecule has 134 valence electrons. The second kappa shape index (κ2) is 7.17. The fraction of sp³-hybridized carbons (Fsp3) is 0.333. The van der Waals surface area contributed by atoms with Gasteiger partial charge >= 0.3 is 0 Å². The van der Waals surface area contributed by atoms with Crippen molar-refractivity contribution in [3.8, 4) is 0 Å². The Labute approximate surface area is 160 Å². The van der Waals surface area contributed by atoms with Gasteiger partial charge in [0.25, 0.3) is 0 Å². The molecular weight excluding hydrogens is 370 g/mol. The summed E-state index contributed by atoms with van der Waals surface area (Å²) in [6.45, 7) is 3.44. The van der Waals surface area contributed by atoms with E-state index in [1.165, 1.54) is 11.3 Å². The van der Waals surface area contributed by atoms with Crippen LogP contribution in [-0.2, 0) is 4.79 Å². The van der Waals surface area contributed by atoms with E-state index in [1.807, 2.05) is 31.2 Å². The molecule has 6 nitrogen and oxygen atoms in total. The third kappa shape index (κ3) is 3.64. The number of anilines is 2. The lowest BCUT2D eigenvalue weighted by molar-refractivity contribution is -0.120. The lowest BCUT2D eigenvalue weighted by Crippen LogP contribution is -2.41. The lowest BCUT2D eigenvalue weighted by Gasteiger charge is -2.32. The first-order chi connectivity index (χ1) is 12.6. The molecule has 1 atom stereocenters. The van der Waals surface area contributed by atoms with Crippen molar-refractivity contribution in [1.82, 2.24) is 15.2 Å². The zero-order chi connectivity index (χ0) is 18.1. The molecule has 0 bridgehead atoms. The van der Waals surface area contributed by atoms with Crippen LogP contribution in [0.15, 0.2) is 30.3 Å². The minimum Gasteiger partial charge on any atom is -0.354 e. The Kier molecular flexibility index (Phi) is 4.74. The minimum atomic E-state index is -0.0950. The van der Waals surface area contributed by atoms with Gasteiger partial charge in [0, 0.05) is 18.1 Å². The van der Waals surface area contributed by atoms with Gasteiger partial charge in [-0.25, -0.2) is 4.98 Å². The molecule has 8 heteroatoms. The van der Waals surface area contributed by atoms with E-state index in [0.717, 1.165) is 41.1 Å². The summed E-state index contributed by atoms with van der Waals surface area (Å²) in [5.41, 5.74) is 1.73. The van der Waals surface area contributed by atoms with Gasteiger partial charge in [0.05, 0.1) is 21.8 Å². The molecule has 1 saturated heterocycles. The summed E-state index contributed by atoms with van der Waals surface area (Å²) in [7, 11) is 0. The van der Waals surface area contributed by atoms with Crippen molar-refractivity contribution >= 4 is 50.0 Å². The van der Waals surface area contributed by atoms with Crippen LogP contribution in [0.3, 0.4) is 0 Å². The highest BCUT2D eigenvalue weighted by molar-refractivity contribution is 7.22. The van der Waals surface area contributed by atoms with Crippen LogP contribution < -0.4 is 10.2 Å². The van der Waals surface area contributed by atoms with Crippen LogP contribution in [0.2, 0.25) is 5.02 Å². The van der Waals surface area contributed by atoms with Gasteiger partial charge in [-0.3, -0.25) is 4.79 Å². The average molecular weight is 388 g/mol. The van der Waals surface area contributed by atoms with E-state index in [1.54, 1.807) is 6.07 Å². The van der Waals surface area contributed by atoms with Crippen molar-refractivity contribution in [3.05, 3.63) is 41.0 Å². The Morgan fingerprint density at radius 3 is 3.00 bits per heavy atom. The number of nitrogens with one attached hydrogen (secondary N) is 1. The first-order valence-electron chi connectivity index (χ1n) is 8.51. The van der Waals surface area contributed by atoms with E-state index in [9.17, 15) is 4.79 Å². The number of benzene rings is 1. The maximum absolute atomic E-state index is 12.7. The smallest absolute Gasteiger partial charge is 0.231 e. The molecule has 0 saturated carbocycles. The van der Waals surface area contributed by atoms with E-state index in [2.05, 4.69) is 25.4 Å². The molecule has 1 aliphatic rings. The molecule has 3 heterocycles. The maximum atomic E-state index is 12.7. The number of thiazole rings is 1. The first-order valence-corrected chi connectivity index (χ1v) is 9.70. The summed E-state index contributed by atoms with van der Waals surface area (Å²) >= 11 is 7.45. The number of rotatable bonds is 3. The summed E-state index contributed by atoms with van der Waals surface area (Å²) < 4.78 is 0.966.